The van der Waals surface area contributed by atoms with Gasteiger partial charge in [0.25, 0.3) is 5.91 Å². The van der Waals surface area contributed by atoms with Crippen LogP contribution in [0.1, 0.15) is 35.2 Å². The third kappa shape index (κ3) is 2.98. The molecule has 1 atom stereocenters. The summed E-state index contributed by atoms with van der Waals surface area (Å²) in [5, 5.41) is 3.26. The molecule has 0 aliphatic carbocycles. The average molecular weight is 282 g/mol. The van der Waals surface area contributed by atoms with E-state index in [1.807, 2.05) is 0 Å². The summed E-state index contributed by atoms with van der Waals surface area (Å²) in [5.74, 6) is -2.12. The van der Waals surface area contributed by atoms with E-state index < -0.39 is 23.1 Å². The summed E-state index contributed by atoms with van der Waals surface area (Å²) in [7, 11) is 1.62. The summed E-state index contributed by atoms with van der Waals surface area (Å²) in [6.07, 6.45) is 2.61. The topological polar surface area (TPSA) is 32.3 Å². The van der Waals surface area contributed by atoms with Crippen molar-refractivity contribution in [2.45, 2.75) is 32.2 Å². The van der Waals surface area contributed by atoms with Crippen LogP contribution in [0.15, 0.2) is 12.1 Å². The van der Waals surface area contributed by atoms with Crippen molar-refractivity contribution in [2.75, 3.05) is 20.1 Å². The number of carbonyl (C=O) groups is 1. The zero-order valence-corrected chi connectivity index (χ0v) is 11.9. The Morgan fingerprint density at radius 1 is 1.30 bits per heavy atom. The normalized spacial score (nSPS) is 19.5. The lowest BCUT2D eigenvalue weighted by Gasteiger charge is -2.27. The summed E-state index contributed by atoms with van der Waals surface area (Å²) >= 11 is 0. The molecule has 20 heavy (non-hydrogen) atoms. The van der Waals surface area contributed by atoms with Crippen LogP contribution < -0.4 is 5.32 Å². The van der Waals surface area contributed by atoms with Crippen molar-refractivity contribution in [3.8, 4) is 0 Å². The molecule has 3 nitrogen and oxygen atoms in total. The Labute approximate surface area is 118 Å². The Morgan fingerprint density at radius 3 is 2.80 bits per heavy atom. The van der Waals surface area contributed by atoms with Gasteiger partial charge in [0.05, 0.1) is 0 Å². The Balaban J connectivity index is 2.24. The van der Waals surface area contributed by atoms with Crippen LogP contribution in [0.2, 0.25) is 0 Å². The van der Waals surface area contributed by atoms with Crippen molar-refractivity contribution in [1.29, 1.82) is 0 Å². The number of hydrogen-bond donors (Lipinski definition) is 1. The smallest absolute Gasteiger partial charge is 0.259 e. The van der Waals surface area contributed by atoms with Crippen molar-refractivity contribution >= 4 is 5.91 Å². The second-order valence-corrected chi connectivity index (χ2v) is 5.30. The van der Waals surface area contributed by atoms with Crippen LogP contribution >= 0.6 is 0 Å². The summed E-state index contributed by atoms with van der Waals surface area (Å²) in [5.41, 5.74) is -0.157. The number of amides is 1. The van der Waals surface area contributed by atoms with Crippen LogP contribution in [-0.2, 0) is 0 Å². The Bertz CT molecular complexity index is 497. The van der Waals surface area contributed by atoms with Gasteiger partial charge in [0, 0.05) is 13.1 Å². The van der Waals surface area contributed by atoms with Crippen LogP contribution in [0.4, 0.5) is 8.78 Å². The third-order valence-electron chi connectivity index (χ3n) is 3.91. The number of carbonyl (C=O) groups excluding carboxylic acids is 1. The quantitative estimate of drug-likeness (QED) is 0.904. The first-order valence-corrected chi connectivity index (χ1v) is 6.95. The molecular formula is C15H20F2N2O. The predicted molar refractivity (Wildman–Crippen MR) is 73.7 cm³/mol. The molecule has 2 rings (SSSR count). The van der Waals surface area contributed by atoms with Gasteiger partial charge in [-0.05, 0) is 50.9 Å². The fourth-order valence-corrected chi connectivity index (χ4v) is 2.58. The zero-order chi connectivity index (χ0) is 14.7. The molecule has 1 aliphatic rings. The fourth-order valence-electron chi connectivity index (χ4n) is 2.58. The lowest BCUT2D eigenvalue weighted by atomic mass is 10.0. The molecule has 0 aromatic heterocycles. The summed E-state index contributed by atoms with van der Waals surface area (Å²) < 4.78 is 27.8. The first-order valence-electron chi connectivity index (χ1n) is 6.95. The number of aryl methyl sites for hydroxylation is 1. The number of benzene rings is 1. The van der Waals surface area contributed by atoms with Crippen molar-refractivity contribution in [2.24, 2.45) is 0 Å². The van der Waals surface area contributed by atoms with Gasteiger partial charge in [0.1, 0.15) is 17.2 Å². The van der Waals surface area contributed by atoms with E-state index >= 15 is 0 Å². The second kappa shape index (κ2) is 6.31. The van der Waals surface area contributed by atoms with Crippen molar-refractivity contribution in [1.82, 2.24) is 10.2 Å². The first-order chi connectivity index (χ1) is 9.52. The van der Waals surface area contributed by atoms with Crippen molar-refractivity contribution in [3.63, 3.8) is 0 Å². The van der Waals surface area contributed by atoms with Crippen LogP contribution in [0.5, 0.6) is 0 Å². The van der Waals surface area contributed by atoms with Crippen LogP contribution in [-0.4, -0.2) is 37.0 Å². The molecule has 0 bridgehead atoms. The van der Waals surface area contributed by atoms with Gasteiger partial charge < -0.3 is 10.2 Å². The Kier molecular flexibility index (Phi) is 4.70. The van der Waals surface area contributed by atoms with Crippen LogP contribution in [0.3, 0.4) is 0 Å². The zero-order valence-electron chi connectivity index (χ0n) is 11.9. The molecule has 1 unspecified atom stereocenters. The predicted octanol–water partition coefficient (Wildman–Crippen LogP) is 2.49. The molecule has 0 saturated carbocycles. The number of nitrogens with one attached hydrogen (secondary N) is 1. The van der Waals surface area contributed by atoms with Crippen LogP contribution in [0.25, 0.3) is 0 Å². The minimum atomic E-state index is -0.795. The van der Waals surface area contributed by atoms with Crippen LogP contribution in [0, 0.1) is 18.6 Å². The molecule has 1 aromatic rings. The molecule has 110 valence electrons. The highest BCUT2D eigenvalue weighted by molar-refractivity contribution is 5.95. The molecule has 1 amide bonds. The van der Waals surface area contributed by atoms with E-state index in [-0.39, 0.29) is 11.6 Å². The van der Waals surface area contributed by atoms with Crippen molar-refractivity contribution < 1.29 is 13.6 Å². The summed E-state index contributed by atoms with van der Waals surface area (Å²) in [6.45, 7) is 3.27. The van der Waals surface area contributed by atoms with E-state index in [9.17, 15) is 13.6 Å². The molecule has 1 aliphatic heterocycles. The Morgan fingerprint density at radius 2 is 2.05 bits per heavy atom. The van der Waals surface area contributed by atoms with Gasteiger partial charge in [-0.25, -0.2) is 8.78 Å². The maximum atomic E-state index is 14.0. The molecular weight excluding hydrogens is 262 g/mol. The van der Waals surface area contributed by atoms with Gasteiger partial charge in [-0.15, -0.1) is 0 Å². The average Bonchev–Trinajstić information content (AvgIpc) is 2.71. The molecule has 5 heteroatoms. The van der Waals surface area contributed by atoms with Gasteiger partial charge in [0.2, 0.25) is 0 Å². The van der Waals surface area contributed by atoms with Gasteiger partial charge in [-0.3, -0.25) is 4.79 Å². The van der Waals surface area contributed by atoms with Crippen molar-refractivity contribution in [3.05, 3.63) is 34.9 Å². The molecule has 1 fully saturated rings. The minimum absolute atomic E-state index is 0.0248. The standard InChI is InChI=1S/C15H20F2N2O/c1-10-5-6-12(16)13(14(10)17)15(20)19(2)11-4-3-8-18-9-7-11/h5-6,11,18H,3-4,7-9H2,1-2H3. The second-order valence-electron chi connectivity index (χ2n) is 5.30. The SMILES string of the molecule is Cc1ccc(F)c(C(=O)N(C)C2CCCNCC2)c1F. The van der Waals surface area contributed by atoms with E-state index in [1.165, 1.54) is 17.9 Å². The number of nitrogens with zero attached hydrogens (tertiary/aromatic N) is 1. The van der Waals surface area contributed by atoms with E-state index in [2.05, 4.69) is 5.32 Å². The van der Waals surface area contributed by atoms with E-state index in [0.29, 0.717) is 0 Å². The van der Waals surface area contributed by atoms with E-state index in [4.69, 9.17) is 0 Å². The maximum Gasteiger partial charge on any atom is 0.259 e. The molecule has 1 aromatic carbocycles. The van der Waals surface area contributed by atoms with Gasteiger partial charge in [-0.2, -0.15) is 0 Å². The minimum Gasteiger partial charge on any atom is -0.338 e. The number of rotatable bonds is 2. The molecule has 1 saturated heterocycles. The largest absolute Gasteiger partial charge is 0.338 e. The highest BCUT2D eigenvalue weighted by Crippen LogP contribution is 2.21. The van der Waals surface area contributed by atoms with E-state index in [0.717, 1.165) is 38.4 Å². The van der Waals surface area contributed by atoms with E-state index in [1.54, 1.807) is 7.05 Å². The molecule has 0 spiro atoms. The maximum absolute atomic E-state index is 14.0. The lowest BCUT2D eigenvalue weighted by molar-refractivity contribution is 0.0710. The van der Waals surface area contributed by atoms with Gasteiger partial charge in [0.15, 0.2) is 0 Å². The highest BCUT2D eigenvalue weighted by Gasteiger charge is 2.27. The number of halogens is 2. The van der Waals surface area contributed by atoms with Gasteiger partial charge in [-0.1, -0.05) is 6.07 Å². The fraction of sp³-hybridized carbons (Fsp3) is 0.533. The highest BCUT2D eigenvalue weighted by atomic mass is 19.1. The lowest BCUT2D eigenvalue weighted by Crippen LogP contribution is -2.38. The third-order valence-corrected chi connectivity index (χ3v) is 3.91. The summed E-state index contributed by atoms with van der Waals surface area (Å²) in [4.78, 5) is 13.9. The monoisotopic (exact) mass is 282 g/mol. The number of hydrogen-bond acceptors (Lipinski definition) is 2. The molecule has 0 radical (unpaired) electrons. The summed E-state index contributed by atoms with van der Waals surface area (Å²) in [6, 6.07) is 2.52. The first kappa shape index (κ1) is 14.9. The Hall–Kier alpha value is -1.49. The molecule has 1 heterocycles. The molecule has 1 N–H and O–H groups in total. The van der Waals surface area contributed by atoms with Gasteiger partial charge >= 0.3 is 0 Å².